The number of esters is 1. The first-order chi connectivity index (χ1) is 8.49. The van der Waals surface area contributed by atoms with Gasteiger partial charge in [-0.3, -0.25) is 0 Å². The third-order valence-corrected chi connectivity index (χ3v) is 3.04. The Morgan fingerprint density at radius 3 is 2.72 bits per heavy atom. The Morgan fingerprint density at radius 2 is 2.22 bits per heavy atom. The molecule has 0 fully saturated rings. The zero-order chi connectivity index (χ0) is 13.7. The number of benzene rings is 1. The van der Waals surface area contributed by atoms with Crippen LogP contribution in [0.15, 0.2) is 21.6 Å². The second kappa shape index (κ2) is 6.75. The average Bonchev–Trinajstić information content (AvgIpc) is 2.33. The molecule has 4 nitrogen and oxygen atoms in total. The fourth-order valence-electron chi connectivity index (χ4n) is 1.38. The summed E-state index contributed by atoms with van der Waals surface area (Å²) in [4.78, 5) is 15.8. The number of aliphatic imine (C=N–C) groups is 1. The van der Waals surface area contributed by atoms with E-state index in [0.29, 0.717) is 28.2 Å². The standard InChI is InChI=1S/C12H14BrClN2O2/c1-3-18-12(17)8-4-7(2)11(9(13)5-8)16-10(15)6-14/h4-5H,3,6H2,1-2H3,(H2,15,16). The van der Waals surface area contributed by atoms with Crippen LogP contribution >= 0.6 is 27.5 Å². The highest BCUT2D eigenvalue weighted by molar-refractivity contribution is 9.10. The van der Waals surface area contributed by atoms with Gasteiger partial charge in [0.2, 0.25) is 0 Å². The lowest BCUT2D eigenvalue weighted by Gasteiger charge is -2.08. The number of aryl methyl sites for hydroxylation is 1. The summed E-state index contributed by atoms with van der Waals surface area (Å²) in [5, 5.41) is 0. The number of rotatable bonds is 4. The summed E-state index contributed by atoms with van der Waals surface area (Å²) < 4.78 is 5.62. The smallest absolute Gasteiger partial charge is 0.338 e. The van der Waals surface area contributed by atoms with Crippen molar-refractivity contribution in [2.75, 3.05) is 12.5 Å². The number of hydrogen-bond acceptors (Lipinski definition) is 3. The molecule has 0 aliphatic heterocycles. The minimum absolute atomic E-state index is 0.158. The molecular weight excluding hydrogens is 320 g/mol. The first-order valence-corrected chi connectivity index (χ1v) is 6.68. The fourth-order valence-corrected chi connectivity index (χ4v) is 2.09. The van der Waals surface area contributed by atoms with Crippen molar-refractivity contribution in [1.82, 2.24) is 0 Å². The predicted octanol–water partition coefficient (Wildman–Crippen LogP) is 3.16. The Hall–Kier alpha value is -1.07. The van der Waals surface area contributed by atoms with Crippen LogP contribution in [-0.4, -0.2) is 24.3 Å². The van der Waals surface area contributed by atoms with Crippen LogP contribution in [0.25, 0.3) is 0 Å². The largest absolute Gasteiger partial charge is 0.462 e. The van der Waals surface area contributed by atoms with Crippen molar-refractivity contribution in [2.24, 2.45) is 10.7 Å². The van der Waals surface area contributed by atoms with Gasteiger partial charge in [-0.05, 0) is 47.5 Å². The molecule has 0 spiro atoms. The summed E-state index contributed by atoms with van der Waals surface area (Å²) in [6.07, 6.45) is 0. The van der Waals surface area contributed by atoms with Crippen LogP contribution in [0.4, 0.5) is 5.69 Å². The number of ether oxygens (including phenoxy) is 1. The molecule has 0 aliphatic carbocycles. The molecule has 0 amide bonds. The predicted molar refractivity (Wildman–Crippen MR) is 76.8 cm³/mol. The SMILES string of the molecule is CCOC(=O)c1cc(C)c(N=C(N)CCl)c(Br)c1. The number of carbonyl (C=O) groups excluding carboxylic acids is 1. The number of nitrogens with two attached hydrogens (primary N) is 1. The Kier molecular flexibility index (Phi) is 5.62. The van der Waals surface area contributed by atoms with E-state index in [1.165, 1.54) is 0 Å². The molecule has 18 heavy (non-hydrogen) atoms. The summed E-state index contributed by atoms with van der Waals surface area (Å²) in [6, 6.07) is 3.37. The molecule has 0 saturated heterocycles. The summed E-state index contributed by atoms with van der Waals surface area (Å²) >= 11 is 8.95. The molecule has 0 bridgehead atoms. The van der Waals surface area contributed by atoms with E-state index in [9.17, 15) is 4.79 Å². The van der Waals surface area contributed by atoms with Gasteiger partial charge in [0.15, 0.2) is 0 Å². The van der Waals surface area contributed by atoms with E-state index >= 15 is 0 Å². The van der Waals surface area contributed by atoms with E-state index in [4.69, 9.17) is 22.1 Å². The van der Waals surface area contributed by atoms with Crippen molar-refractivity contribution in [2.45, 2.75) is 13.8 Å². The normalized spacial score (nSPS) is 11.4. The van der Waals surface area contributed by atoms with Gasteiger partial charge in [-0.25, -0.2) is 9.79 Å². The van der Waals surface area contributed by atoms with Crippen molar-refractivity contribution in [1.29, 1.82) is 0 Å². The maximum atomic E-state index is 11.6. The van der Waals surface area contributed by atoms with Gasteiger partial charge in [-0.2, -0.15) is 0 Å². The Morgan fingerprint density at radius 1 is 1.56 bits per heavy atom. The first-order valence-electron chi connectivity index (χ1n) is 5.35. The first kappa shape index (κ1) is 15.0. The molecule has 0 aliphatic rings. The Labute approximate surface area is 119 Å². The molecule has 2 N–H and O–H groups in total. The monoisotopic (exact) mass is 332 g/mol. The van der Waals surface area contributed by atoms with E-state index < -0.39 is 0 Å². The van der Waals surface area contributed by atoms with Crippen LogP contribution in [0.1, 0.15) is 22.8 Å². The number of alkyl halides is 1. The zero-order valence-electron chi connectivity index (χ0n) is 10.2. The lowest BCUT2D eigenvalue weighted by atomic mass is 10.1. The quantitative estimate of drug-likeness (QED) is 0.398. The van der Waals surface area contributed by atoms with Gasteiger partial charge in [-0.1, -0.05) is 0 Å². The highest BCUT2D eigenvalue weighted by atomic mass is 79.9. The van der Waals surface area contributed by atoms with Crippen molar-refractivity contribution in [3.63, 3.8) is 0 Å². The van der Waals surface area contributed by atoms with Crippen LogP contribution < -0.4 is 5.73 Å². The van der Waals surface area contributed by atoms with Gasteiger partial charge >= 0.3 is 5.97 Å². The molecule has 0 saturated carbocycles. The van der Waals surface area contributed by atoms with Crippen LogP contribution in [-0.2, 0) is 4.74 Å². The zero-order valence-corrected chi connectivity index (χ0v) is 12.5. The summed E-state index contributed by atoms with van der Waals surface area (Å²) in [5.41, 5.74) is 7.56. The van der Waals surface area contributed by atoms with Gasteiger partial charge in [-0.15, -0.1) is 11.6 Å². The topological polar surface area (TPSA) is 64.7 Å². The van der Waals surface area contributed by atoms with Crippen molar-refractivity contribution < 1.29 is 9.53 Å². The Bertz CT molecular complexity index is 466. The molecule has 1 aromatic carbocycles. The molecule has 0 radical (unpaired) electrons. The van der Waals surface area contributed by atoms with Gasteiger partial charge < -0.3 is 10.5 Å². The third-order valence-electron chi connectivity index (χ3n) is 2.16. The number of nitrogens with zero attached hydrogens (tertiary/aromatic N) is 1. The van der Waals surface area contributed by atoms with Crippen molar-refractivity contribution in [3.05, 3.63) is 27.7 Å². The third kappa shape index (κ3) is 3.71. The van der Waals surface area contributed by atoms with Crippen LogP contribution in [0.5, 0.6) is 0 Å². The van der Waals surface area contributed by atoms with Gasteiger partial charge in [0.25, 0.3) is 0 Å². The van der Waals surface area contributed by atoms with Crippen LogP contribution in [0.2, 0.25) is 0 Å². The second-order valence-corrected chi connectivity index (χ2v) is 4.70. The van der Waals surface area contributed by atoms with E-state index in [2.05, 4.69) is 20.9 Å². The van der Waals surface area contributed by atoms with Crippen molar-refractivity contribution >= 4 is 45.0 Å². The van der Waals surface area contributed by atoms with Gasteiger partial charge in [0, 0.05) is 4.47 Å². The van der Waals surface area contributed by atoms with E-state index in [1.807, 2.05) is 6.92 Å². The number of amidine groups is 1. The summed E-state index contributed by atoms with van der Waals surface area (Å²) in [7, 11) is 0. The average molecular weight is 334 g/mol. The molecule has 0 unspecified atom stereocenters. The molecule has 98 valence electrons. The molecule has 1 rings (SSSR count). The maximum absolute atomic E-state index is 11.6. The Balaban J connectivity index is 3.16. The van der Waals surface area contributed by atoms with E-state index in [1.54, 1.807) is 19.1 Å². The van der Waals surface area contributed by atoms with E-state index in [-0.39, 0.29) is 11.8 Å². The molecular formula is C12H14BrClN2O2. The number of carbonyl (C=O) groups is 1. The lowest BCUT2D eigenvalue weighted by molar-refractivity contribution is 0.0526. The van der Waals surface area contributed by atoms with Crippen molar-refractivity contribution in [3.8, 4) is 0 Å². The second-order valence-electron chi connectivity index (χ2n) is 3.58. The highest BCUT2D eigenvalue weighted by Crippen LogP contribution is 2.31. The van der Waals surface area contributed by atoms with E-state index in [0.717, 1.165) is 5.56 Å². The van der Waals surface area contributed by atoms with Gasteiger partial charge in [0.05, 0.1) is 23.7 Å². The minimum Gasteiger partial charge on any atom is -0.462 e. The van der Waals surface area contributed by atoms with Crippen LogP contribution in [0.3, 0.4) is 0 Å². The highest BCUT2D eigenvalue weighted by Gasteiger charge is 2.12. The number of halogens is 2. The molecule has 0 heterocycles. The maximum Gasteiger partial charge on any atom is 0.338 e. The molecule has 1 aromatic rings. The summed E-state index contributed by atoms with van der Waals surface area (Å²) in [6.45, 7) is 3.95. The summed E-state index contributed by atoms with van der Waals surface area (Å²) in [5.74, 6) is 0.123. The molecule has 6 heteroatoms. The molecule has 0 aromatic heterocycles. The van der Waals surface area contributed by atoms with Crippen LogP contribution in [0, 0.1) is 6.92 Å². The van der Waals surface area contributed by atoms with Gasteiger partial charge in [0.1, 0.15) is 5.84 Å². The number of hydrogen-bond donors (Lipinski definition) is 1. The minimum atomic E-state index is -0.359. The lowest BCUT2D eigenvalue weighted by Crippen LogP contribution is -2.12. The molecule has 0 atom stereocenters. The fraction of sp³-hybridized carbons (Fsp3) is 0.333.